The van der Waals surface area contributed by atoms with Gasteiger partial charge in [0.1, 0.15) is 0 Å². The lowest BCUT2D eigenvalue weighted by molar-refractivity contribution is 0.0724. The number of hydrogen-bond donors (Lipinski definition) is 1. The summed E-state index contributed by atoms with van der Waals surface area (Å²) in [6, 6.07) is 13.5. The van der Waals surface area contributed by atoms with E-state index >= 15 is 0 Å². The highest BCUT2D eigenvalue weighted by Crippen LogP contribution is 2.21. The van der Waals surface area contributed by atoms with Crippen LogP contribution in [-0.2, 0) is 16.6 Å². The zero-order valence-corrected chi connectivity index (χ0v) is 19.6. The molecule has 2 aliphatic heterocycles. The molecule has 0 bridgehead atoms. The fourth-order valence-corrected chi connectivity index (χ4v) is 5.99. The second kappa shape index (κ2) is 10.5. The lowest BCUT2D eigenvalue weighted by atomic mass is 10.1. The number of hydrogen-bond acceptors (Lipinski definition) is 4. The molecule has 2 aromatic carbocycles. The second-order valence-corrected chi connectivity index (χ2v) is 10.7. The number of benzene rings is 2. The fourth-order valence-electron chi connectivity index (χ4n) is 4.43. The third-order valence-electron chi connectivity index (χ3n) is 6.32. The van der Waals surface area contributed by atoms with Crippen LogP contribution in [0.2, 0.25) is 0 Å². The molecule has 33 heavy (non-hydrogen) atoms. The molecule has 0 spiro atoms. The molecule has 2 aliphatic rings. The maximum absolute atomic E-state index is 12.9. The fraction of sp³-hybridized carbons (Fsp3) is 0.440. The van der Waals surface area contributed by atoms with E-state index in [-0.39, 0.29) is 23.3 Å². The summed E-state index contributed by atoms with van der Waals surface area (Å²) in [5, 5.41) is 2.85. The van der Waals surface area contributed by atoms with Crippen molar-refractivity contribution in [3.8, 4) is 0 Å². The summed E-state index contributed by atoms with van der Waals surface area (Å²) in [7, 11) is -3.60. The Labute approximate surface area is 195 Å². The largest absolute Gasteiger partial charge is 0.348 e. The Bertz CT molecular complexity index is 1100. The van der Waals surface area contributed by atoms with E-state index in [2.05, 4.69) is 5.32 Å². The predicted molar refractivity (Wildman–Crippen MR) is 126 cm³/mol. The van der Waals surface area contributed by atoms with Gasteiger partial charge in [0, 0.05) is 43.9 Å². The van der Waals surface area contributed by atoms with E-state index in [0.29, 0.717) is 24.2 Å². The molecule has 1 N–H and O–H groups in total. The van der Waals surface area contributed by atoms with Crippen molar-refractivity contribution in [2.75, 3.05) is 26.2 Å². The van der Waals surface area contributed by atoms with E-state index in [4.69, 9.17) is 0 Å². The molecule has 4 rings (SSSR count). The highest BCUT2D eigenvalue weighted by Gasteiger charge is 2.26. The Morgan fingerprint density at radius 2 is 1.42 bits per heavy atom. The standard InChI is InChI=1S/C25H31N3O4S/c29-24(21-10-8-12-23(18-21)33(31,32)28-15-5-2-6-16-28)26-19-20-9-7-11-22(17-20)25(30)27-13-3-1-4-14-27/h7-12,17-18H,1-6,13-16,19H2,(H,26,29). The van der Waals surface area contributed by atoms with E-state index in [1.807, 2.05) is 23.1 Å². The van der Waals surface area contributed by atoms with Crippen molar-refractivity contribution < 1.29 is 18.0 Å². The molecule has 2 saturated heterocycles. The molecule has 8 heteroatoms. The van der Waals surface area contributed by atoms with Gasteiger partial charge in [-0.1, -0.05) is 24.6 Å². The van der Waals surface area contributed by atoms with Crippen LogP contribution in [0.5, 0.6) is 0 Å². The lowest BCUT2D eigenvalue weighted by Crippen LogP contribution is -2.35. The molecule has 0 radical (unpaired) electrons. The van der Waals surface area contributed by atoms with E-state index in [1.165, 1.54) is 16.4 Å². The minimum atomic E-state index is -3.60. The summed E-state index contributed by atoms with van der Waals surface area (Å²) in [4.78, 5) is 27.5. The zero-order valence-electron chi connectivity index (χ0n) is 18.8. The number of rotatable bonds is 6. The molecule has 2 amide bonds. The van der Waals surface area contributed by atoms with Gasteiger partial charge in [0.2, 0.25) is 10.0 Å². The van der Waals surface area contributed by atoms with Crippen LogP contribution in [0.25, 0.3) is 0 Å². The van der Waals surface area contributed by atoms with Gasteiger partial charge in [0.15, 0.2) is 0 Å². The first-order chi connectivity index (χ1) is 15.9. The molecular formula is C25H31N3O4S. The first kappa shape index (κ1) is 23.4. The summed E-state index contributed by atoms with van der Waals surface area (Å²) in [5.74, 6) is -0.322. The maximum atomic E-state index is 12.9. The SMILES string of the molecule is O=C(NCc1cccc(C(=O)N2CCCCC2)c1)c1cccc(S(=O)(=O)N2CCCCC2)c1. The molecule has 2 fully saturated rings. The van der Waals surface area contributed by atoms with Crippen molar-refractivity contribution >= 4 is 21.8 Å². The van der Waals surface area contributed by atoms with Gasteiger partial charge >= 0.3 is 0 Å². The maximum Gasteiger partial charge on any atom is 0.253 e. The van der Waals surface area contributed by atoms with Gasteiger partial charge in [-0.2, -0.15) is 4.31 Å². The van der Waals surface area contributed by atoms with E-state index < -0.39 is 10.0 Å². The Morgan fingerprint density at radius 3 is 2.15 bits per heavy atom. The average Bonchev–Trinajstić information content (AvgIpc) is 2.88. The number of likely N-dealkylation sites (tertiary alicyclic amines) is 1. The Kier molecular flexibility index (Phi) is 7.45. The van der Waals surface area contributed by atoms with Crippen LogP contribution >= 0.6 is 0 Å². The Balaban J connectivity index is 1.41. The molecule has 0 unspecified atom stereocenters. The number of nitrogens with zero attached hydrogens (tertiary/aromatic N) is 2. The molecule has 0 saturated carbocycles. The summed E-state index contributed by atoms with van der Waals surface area (Å²) >= 11 is 0. The van der Waals surface area contributed by atoms with Crippen LogP contribution in [-0.4, -0.2) is 55.6 Å². The minimum absolute atomic E-state index is 0.0264. The third kappa shape index (κ3) is 5.62. The van der Waals surface area contributed by atoms with Crippen molar-refractivity contribution in [3.05, 3.63) is 65.2 Å². The molecule has 7 nitrogen and oxygen atoms in total. The average molecular weight is 470 g/mol. The number of piperidine rings is 2. The van der Waals surface area contributed by atoms with Gasteiger partial charge in [-0.15, -0.1) is 0 Å². The molecule has 176 valence electrons. The minimum Gasteiger partial charge on any atom is -0.348 e. The number of nitrogens with one attached hydrogen (secondary N) is 1. The summed E-state index contributed by atoms with van der Waals surface area (Å²) < 4.78 is 27.4. The van der Waals surface area contributed by atoms with E-state index in [9.17, 15) is 18.0 Å². The van der Waals surface area contributed by atoms with Crippen LogP contribution in [0.15, 0.2) is 53.4 Å². The first-order valence-corrected chi connectivity index (χ1v) is 13.2. The van der Waals surface area contributed by atoms with Crippen LogP contribution in [0.1, 0.15) is 64.8 Å². The van der Waals surface area contributed by atoms with Crippen molar-refractivity contribution in [2.24, 2.45) is 0 Å². The van der Waals surface area contributed by atoms with E-state index in [1.54, 1.807) is 18.2 Å². The van der Waals surface area contributed by atoms with Crippen molar-refractivity contribution in [1.29, 1.82) is 0 Å². The van der Waals surface area contributed by atoms with Gasteiger partial charge in [0.05, 0.1) is 4.90 Å². The monoisotopic (exact) mass is 469 g/mol. The van der Waals surface area contributed by atoms with Gasteiger partial charge in [-0.3, -0.25) is 9.59 Å². The van der Waals surface area contributed by atoms with Crippen molar-refractivity contribution in [2.45, 2.75) is 50.0 Å². The Morgan fingerprint density at radius 1 is 0.788 bits per heavy atom. The quantitative estimate of drug-likeness (QED) is 0.702. The predicted octanol–water partition coefficient (Wildman–Crippen LogP) is 3.42. The third-order valence-corrected chi connectivity index (χ3v) is 8.21. The normalized spacial score (nSPS) is 17.5. The van der Waals surface area contributed by atoms with Crippen LogP contribution in [0.4, 0.5) is 0 Å². The number of carbonyl (C=O) groups excluding carboxylic acids is 2. The Hall–Kier alpha value is -2.71. The van der Waals surface area contributed by atoms with E-state index in [0.717, 1.165) is 57.2 Å². The summed E-state index contributed by atoms with van der Waals surface area (Å²) in [5.41, 5.74) is 1.75. The van der Waals surface area contributed by atoms with Gasteiger partial charge < -0.3 is 10.2 Å². The van der Waals surface area contributed by atoms with Gasteiger partial charge in [-0.05, 0) is 68.0 Å². The first-order valence-electron chi connectivity index (χ1n) is 11.7. The number of carbonyl (C=O) groups is 2. The van der Waals surface area contributed by atoms with Crippen molar-refractivity contribution in [1.82, 2.24) is 14.5 Å². The zero-order chi connectivity index (χ0) is 23.3. The molecule has 2 aromatic rings. The second-order valence-electron chi connectivity index (χ2n) is 8.73. The van der Waals surface area contributed by atoms with Crippen LogP contribution in [0, 0.1) is 0 Å². The van der Waals surface area contributed by atoms with Gasteiger partial charge in [-0.25, -0.2) is 8.42 Å². The molecule has 2 heterocycles. The highest BCUT2D eigenvalue weighted by atomic mass is 32.2. The molecular weight excluding hydrogens is 438 g/mol. The molecule has 0 aliphatic carbocycles. The number of amides is 2. The highest BCUT2D eigenvalue weighted by molar-refractivity contribution is 7.89. The molecule has 0 atom stereocenters. The lowest BCUT2D eigenvalue weighted by Gasteiger charge is -2.26. The molecule has 0 aromatic heterocycles. The smallest absolute Gasteiger partial charge is 0.253 e. The van der Waals surface area contributed by atoms with Crippen LogP contribution < -0.4 is 5.32 Å². The summed E-state index contributed by atoms with van der Waals surface area (Å²) in [6.07, 6.45) is 6.00. The van der Waals surface area contributed by atoms with Crippen LogP contribution in [0.3, 0.4) is 0 Å². The summed E-state index contributed by atoms with van der Waals surface area (Å²) in [6.45, 7) is 2.87. The van der Waals surface area contributed by atoms with Crippen molar-refractivity contribution in [3.63, 3.8) is 0 Å². The topological polar surface area (TPSA) is 86.8 Å². The number of sulfonamides is 1. The van der Waals surface area contributed by atoms with Gasteiger partial charge in [0.25, 0.3) is 11.8 Å².